The van der Waals surface area contributed by atoms with Gasteiger partial charge < -0.3 is 9.84 Å². The van der Waals surface area contributed by atoms with E-state index in [1.54, 1.807) is 0 Å². The Bertz CT molecular complexity index is 860. The molecule has 10 heteroatoms. The van der Waals surface area contributed by atoms with Crippen LogP contribution in [0.3, 0.4) is 0 Å². The largest absolute Gasteiger partial charge is 0.868 e. The molecule has 0 aliphatic heterocycles. The van der Waals surface area contributed by atoms with Crippen molar-refractivity contribution in [3.8, 4) is 5.75 Å². The van der Waals surface area contributed by atoms with E-state index < -0.39 is 39.6 Å². The first-order valence-corrected chi connectivity index (χ1v) is 6.70. The lowest BCUT2D eigenvalue weighted by Gasteiger charge is -2.09. The van der Waals surface area contributed by atoms with Crippen LogP contribution in [0.5, 0.6) is 5.75 Å². The Morgan fingerprint density at radius 1 is 0.920 bits per heavy atom. The number of esters is 1. The molecule has 128 valence electrons. The highest BCUT2D eigenvalue weighted by molar-refractivity contribution is 5.99. The number of hydrogen-bond acceptors (Lipinski definition) is 8. The summed E-state index contributed by atoms with van der Waals surface area (Å²) >= 11 is 0. The number of Topliss-reactive ketones (excluding diaryl/α,β-unsaturated/α-hetero) is 1. The van der Waals surface area contributed by atoms with Crippen LogP contribution in [0.25, 0.3) is 0 Å². The van der Waals surface area contributed by atoms with E-state index in [9.17, 15) is 34.9 Å². The molecule has 0 amide bonds. The van der Waals surface area contributed by atoms with Gasteiger partial charge in [-0.05, 0) is 30.0 Å². The Morgan fingerprint density at radius 3 is 2.04 bits per heavy atom. The van der Waals surface area contributed by atoms with E-state index >= 15 is 0 Å². The summed E-state index contributed by atoms with van der Waals surface area (Å²) in [7, 11) is 0. The lowest BCUT2D eigenvalue weighted by Crippen LogP contribution is -2.14. The Kier molecular flexibility index (Phi) is 5.03. The summed E-state index contributed by atoms with van der Waals surface area (Å²) in [6.45, 7) is -0.651. The minimum atomic E-state index is -0.998. The predicted octanol–water partition coefficient (Wildman–Crippen LogP) is 1.62. The highest BCUT2D eigenvalue weighted by Crippen LogP contribution is 2.24. The van der Waals surface area contributed by atoms with Gasteiger partial charge in [0.25, 0.3) is 11.4 Å². The van der Waals surface area contributed by atoms with Gasteiger partial charge in [0.2, 0.25) is 0 Å². The standard InChI is InChI=1S/C15H10N2O8/c18-13-7-10(3-6-12(13)17(23)24)15(20)25-8-14(19)9-1-4-11(5-2-9)16(21)22/h1-7,18H,8H2/p-1. The van der Waals surface area contributed by atoms with Crippen LogP contribution < -0.4 is 5.11 Å². The van der Waals surface area contributed by atoms with Gasteiger partial charge in [0.15, 0.2) is 12.4 Å². The van der Waals surface area contributed by atoms with Gasteiger partial charge in [-0.3, -0.25) is 25.0 Å². The van der Waals surface area contributed by atoms with Crippen LogP contribution in [-0.4, -0.2) is 28.2 Å². The van der Waals surface area contributed by atoms with E-state index in [4.69, 9.17) is 4.74 Å². The molecule has 0 heterocycles. The molecule has 0 atom stereocenters. The summed E-state index contributed by atoms with van der Waals surface area (Å²) in [5.41, 5.74) is -1.00. The number of benzene rings is 2. The molecule has 0 aromatic heterocycles. The molecule has 25 heavy (non-hydrogen) atoms. The average Bonchev–Trinajstić information content (AvgIpc) is 2.58. The summed E-state index contributed by atoms with van der Waals surface area (Å²) in [6, 6.07) is 7.36. The number of ketones is 1. The Balaban J connectivity index is 2.01. The van der Waals surface area contributed by atoms with Crippen LogP contribution in [-0.2, 0) is 4.74 Å². The van der Waals surface area contributed by atoms with Crippen molar-refractivity contribution in [3.05, 3.63) is 73.8 Å². The van der Waals surface area contributed by atoms with Gasteiger partial charge in [0.1, 0.15) is 0 Å². The van der Waals surface area contributed by atoms with E-state index in [-0.39, 0.29) is 16.8 Å². The van der Waals surface area contributed by atoms with Crippen molar-refractivity contribution in [2.75, 3.05) is 6.61 Å². The van der Waals surface area contributed by atoms with Crippen molar-refractivity contribution in [2.24, 2.45) is 0 Å². The quantitative estimate of drug-likeness (QED) is 0.331. The first-order chi connectivity index (χ1) is 11.8. The zero-order valence-electron chi connectivity index (χ0n) is 12.4. The molecule has 10 nitrogen and oxygen atoms in total. The Hall–Kier alpha value is -3.82. The van der Waals surface area contributed by atoms with E-state index in [2.05, 4.69) is 0 Å². The average molecular weight is 345 g/mol. The van der Waals surface area contributed by atoms with Crippen LogP contribution in [0.4, 0.5) is 11.4 Å². The van der Waals surface area contributed by atoms with Crippen LogP contribution in [0.1, 0.15) is 20.7 Å². The Morgan fingerprint density at radius 2 is 1.52 bits per heavy atom. The molecule has 0 N–H and O–H groups in total. The van der Waals surface area contributed by atoms with Crippen molar-refractivity contribution < 1.29 is 29.3 Å². The van der Waals surface area contributed by atoms with Crippen molar-refractivity contribution in [3.63, 3.8) is 0 Å². The molecule has 0 radical (unpaired) electrons. The number of nitrogens with zero attached hydrogens (tertiary/aromatic N) is 2. The van der Waals surface area contributed by atoms with Gasteiger partial charge in [0, 0.05) is 23.8 Å². The lowest BCUT2D eigenvalue weighted by atomic mass is 10.1. The van der Waals surface area contributed by atoms with Gasteiger partial charge in [-0.15, -0.1) is 0 Å². The number of rotatable bonds is 6. The molecule has 0 aliphatic carbocycles. The number of carbonyl (C=O) groups excluding carboxylic acids is 2. The fourth-order valence-corrected chi connectivity index (χ4v) is 1.86. The fraction of sp³-hybridized carbons (Fsp3) is 0.0667. The van der Waals surface area contributed by atoms with E-state index in [1.807, 2.05) is 0 Å². The Labute approximate surface area is 139 Å². The molecule has 0 bridgehead atoms. The monoisotopic (exact) mass is 345 g/mol. The topological polar surface area (TPSA) is 153 Å². The number of non-ortho nitro benzene ring substituents is 1. The van der Waals surface area contributed by atoms with Gasteiger partial charge >= 0.3 is 5.97 Å². The molecule has 2 aromatic rings. The fourth-order valence-electron chi connectivity index (χ4n) is 1.86. The number of nitro benzene ring substituents is 2. The molecule has 0 aliphatic rings. The van der Waals surface area contributed by atoms with Crippen LogP contribution in [0.2, 0.25) is 0 Å². The van der Waals surface area contributed by atoms with Crippen molar-refractivity contribution in [1.82, 2.24) is 0 Å². The van der Waals surface area contributed by atoms with Gasteiger partial charge in [-0.25, -0.2) is 4.79 Å². The van der Waals surface area contributed by atoms with E-state index in [0.29, 0.717) is 0 Å². The first kappa shape index (κ1) is 17.5. The highest BCUT2D eigenvalue weighted by atomic mass is 16.6. The maximum atomic E-state index is 11.9. The van der Waals surface area contributed by atoms with Crippen molar-refractivity contribution >= 4 is 23.1 Å². The minimum Gasteiger partial charge on any atom is -0.868 e. The molecular formula is C15H9N2O8-. The third-order valence-corrected chi connectivity index (χ3v) is 3.13. The van der Waals surface area contributed by atoms with Crippen molar-refractivity contribution in [2.45, 2.75) is 0 Å². The smallest absolute Gasteiger partial charge is 0.338 e. The van der Waals surface area contributed by atoms with Gasteiger partial charge in [-0.1, -0.05) is 0 Å². The molecule has 0 fully saturated rings. The second-order valence-electron chi connectivity index (χ2n) is 4.74. The lowest BCUT2D eigenvalue weighted by molar-refractivity contribution is -0.398. The second-order valence-corrected chi connectivity index (χ2v) is 4.74. The third-order valence-electron chi connectivity index (χ3n) is 3.13. The van der Waals surface area contributed by atoms with Crippen LogP contribution in [0, 0.1) is 20.2 Å². The number of hydrogen-bond donors (Lipinski definition) is 0. The number of nitro groups is 2. The number of carbonyl (C=O) groups is 2. The zero-order valence-corrected chi connectivity index (χ0v) is 12.4. The second kappa shape index (κ2) is 7.17. The molecule has 0 saturated heterocycles. The first-order valence-electron chi connectivity index (χ1n) is 6.70. The van der Waals surface area contributed by atoms with Crippen LogP contribution >= 0.6 is 0 Å². The maximum Gasteiger partial charge on any atom is 0.338 e. The zero-order chi connectivity index (χ0) is 18.6. The molecule has 0 unspecified atom stereocenters. The number of ether oxygens (including phenoxy) is 1. The molecule has 2 aromatic carbocycles. The normalized spacial score (nSPS) is 10.1. The van der Waals surface area contributed by atoms with Gasteiger partial charge in [-0.2, -0.15) is 0 Å². The minimum absolute atomic E-state index is 0.103. The summed E-state index contributed by atoms with van der Waals surface area (Å²) in [5, 5.41) is 32.5. The third kappa shape index (κ3) is 4.13. The summed E-state index contributed by atoms with van der Waals surface area (Å²) < 4.78 is 4.75. The van der Waals surface area contributed by atoms with Crippen molar-refractivity contribution in [1.29, 1.82) is 0 Å². The van der Waals surface area contributed by atoms with Gasteiger partial charge in [0.05, 0.1) is 15.4 Å². The molecule has 2 rings (SSSR count). The summed E-state index contributed by atoms with van der Waals surface area (Å²) in [6.07, 6.45) is 0. The SMILES string of the molecule is O=C(COC(=O)c1ccc([N+](=O)[O-])c([O-])c1)c1ccc([N+](=O)[O-])cc1. The predicted molar refractivity (Wildman–Crippen MR) is 80.3 cm³/mol. The van der Waals surface area contributed by atoms with E-state index in [1.165, 1.54) is 12.1 Å². The molecular weight excluding hydrogens is 336 g/mol. The van der Waals surface area contributed by atoms with Crippen LogP contribution in [0.15, 0.2) is 42.5 Å². The van der Waals surface area contributed by atoms with E-state index in [0.717, 1.165) is 30.3 Å². The summed E-state index contributed by atoms with van der Waals surface area (Å²) in [5.74, 6) is -2.56. The highest BCUT2D eigenvalue weighted by Gasteiger charge is 2.15. The maximum absolute atomic E-state index is 11.9. The molecule has 0 spiro atoms. The molecule has 0 saturated carbocycles. The summed E-state index contributed by atoms with van der Waals surface area (Å²) in [4.78, 5) is 43.2.